The van der Waals surface area contributed by atoms with Gasteiger partial charge in [0.15, 0.2) is 6.61 Å². The zero-order valence-corrected chi connectivity index (χ0v) is 22.6. The molecule has 0 saturated heterocycles. The topological polar surface area (TPSA) is 64.4 Å². The van der Waals surface area contributed by atoms with Crippen molar-refractivity contribution in [2.75, 3.05) is 13.2 Å². The van der Waals surface area contributed by atoms with E-state index in [4.69, 9.17) is 9.72 Å². The van der Waals surface area contributed by atoms with Crippen LogP contribution in [-0.2, 0) is 11.2 Å². The first kappa shape index (κ1) is 27.1. The number of para-hydroxylation sites is 3. The molecule has 3 aromatic carbocycles. The molecule has 0 saturated carbocycles. The third-order valence-corrected chi connectivity index (χ3v) is 6.93. The monoisotopic (exact) mass is 511 g/mol. The van der Waals surface area contributed by atoms with Gasteiger partial charge in [0, 0.05) is 6.54 Å². The van der Waals surface area contributed by atoms with Crippen LogP contribution in [0.5, 0.6) is 5.75 Å². The van der Waals surface area contributed by atoms with E-state index in [1.807, 2.05) is 90.7 Å². The van der Waals surface area contributed by atoms with Crippen LogP contribution < -0.4 is 10.3 Å². The maximum atomic E-state index is 13.9. The number of amides is 1. The van der Waals surface area contributed by atoms with Crippen molar-refractivity contribution in [2.45, 2.75) is 58.9 Å². The lowest BCUT2D eigenvalue weighted by Crippen LogP contribution is -2.40. The number of hydrogen-bond donors (Lipinski definition) is 0. The fourth-order valence-electron chi connectivity index (χ4n) is 4.82. The Morgan fingerprint density at radius 2 is 1.63 bits per heavy atom. The van der Waals surface area contributed by atoms with E-state index in [1.165, 1.54) is 0 Å². The van der Waals surface area contributed by atoms with Gasteiger partial charge in [-0.1, -0.05) is 81.6 Å². The van der Waals surface area contributed by atoms with E-state index in [9.17, 15) is 9.59 Å². The van der Waals surface area contributed by atoms with Crippen LogP contribution in [0.4, 0.5) is 0 Å². The number of aryl methyl sites for hydroxylation is 1. The third kappa shape index (κ3) is 6.13. The summed E-state index contributed by atoms with van der Waals surface area (Å²) < 4.78 is 7.53. The molecule has 0 fully saturated rings. The van der Waals surface area contributed by atoms with Gasteiger partial charge in [0.25, 0.3) is 11.5 Å². The molecule has 1 unspecified atom stereocenters. The van der Waals surface area contributed by atoms with Gasteiger partial charge >= 0.3 is 0 Å². The van der Waals surface area contributed by atoms with E-state index in [-0.39, 0.29) is 18.1 Å². The molecule has 6 nitrogen and oxygen atoms in total. The van der Waals surface area contributed by atoms with Gasteiger partial charge in [-0.3, -0.25) is 14.2 Å². The Hall–Kier alpha value is -3.93. The Kier molecular flexibility index (Phi) is 9.30. The number of ether oxygens (including phenoxy) is 1. The molecule has 0 bridgehead atoms. The predicted octanol–water partition coefficient (Wildman–Crippen LogP) is 6.50. The Morgan fingerprint density at radius 1 is 0.921 bits per heavy atom. The summed E-state index contributed by atoms with van der Waals surface area (Å²) in [6.07, 6.45) is 4.90. The van der Waals surface area contributed by atoms with Crippen molar-refractivity contribution in [3.05, 3.63) is 101 Å². The fourth-order valence-corrected chi connectivity index (χ4v) is 4.82. The molecule has 0 spiro atoms. The van der Waals surface area contributed by atoms with Crippen LogP contribution >= 0.6 is 0 Å². The number of carbonyl (C=O) groups excluding carboxylic acids is 1. The molecular formula is C32H37N3O3. The molecular weight excluding hydrogens is 474 g/mol. The molecule has 1 atom stereocenters. The number of hydrogen-bond acceptors (Lipinski definition) is 4. The van der Waals surface area contributed by atoms with E-state index in [2.05, 4.69) is 13.8 Å². The van der Waals surface area contributed by atoms with Gasteiger partial charge in [-0.25, -0.2) is 4.98 Å². The minimum absolute atomic E-state index is 0.0779. The number of benzene rings is 3. The minimum Gasteiger partial charge on any atom is -0.484 e. The van der Waals surface area contributed by atoms with Crippen LogP contribution in [0.2, 0.25) is 0 Å². The highest BCUT2D eigenvalue weighted by Gasteiger charge is 2.27. The van der Waals surface area contributed by atoms with Gasteiger partial charge in [-0.05, 0) is 55.7 Å². The van der Waals surface area contributed by atoms with Crippen LogP contribution in [0.3, 0.4) is 0 Å². The average Bonchev–Trinajstić information content (AvgIpc) is 2.96. The van der Waals surface area contributed by atoms with E-state index in [1.54, 1.807) is 4.57 Å². The largest absolute Gasteiger partial charge is 0.484 e. The second-order valence-electron chi connectivity index (χ2n) is 9.54. The molecule has 0 radical (unpaired) electrons. The summed E-state index contributed by atoms with van der Waals surface area (Å²) in [5.74, 6) is 1.07. The van der Waals surface area contributed by atoms with Crippen molar-refractivity contribution in [3.63, 3.8) is 0 Å². The number of rotatable bonds is 12. The lowest BCUT2D eigenvalue weighted by Gasteiger charge is -2.31. The molecule has 6 heteroatoms. The molecule has 0 aliphatic rings. The second kappa shape index (κ2) is 13.0. The summed E-state index contributed by atoms with van der Waals surface area (Å²) in [5.41, 5.74) is 2.35. The Morgan fingerprint density at radius 3 is 2.39 bits per heavy atom. The predicted molar refractivity (Wildman–Crippen MR) is 153 cm³/mol. The first-order valence-corrected chi connectivity index (χ1v) is 13.6. The van der Waals surface area contributed by atoms with Gasteiger partial charge < -0.3 is 9.64 Å². The van der Waals surface area contributed by atoms with Crippen molar-refractivity contribution in [3.8, 4) is 11.4 Å². The maximum Gasteiger partial charge on any atom is 0.266 e. The molecule has 38 heavy (non-hydrogen) atoms. The molecule has 0 aliphatic heterocycles. The highest BCUT2D eigenvalue weighted by Crippen LogP contribution is 2.25. The standard InChI is InChI=1S/C32H37N3O3/c1-4-6-7-15-22-34(30(36)23-38-26-17-9-8-10-18-26)24(3)31-33-28-20-13-12-19-27(28)32(37)35(31)29-21-14-11-16-25(29)5-2/h8-14,16-21,24H,4-7,15,22-23H2,1-3H3. The number of unbranched alkanes of at least 4 members (excludes halogenated alkanes) is 3. The SMILES string of the molecule is CCCCCCN(C(=O)COc1ccccc1)C(C)c1nc2ccccc2c(=O)n1-c1ccccc1CC. The van der Waals surface area contributed by atoms with Gasteiger partial charge in [-0.15, -0.1) is 0 Å². The quantitative estimate of drug-likeness (QED) is 0.204. The average molecular weight is 512 g/mol. The van der Waals surface area contributed by atoms with E-state index < -0.39 is 6.04 Å². The van der Waals surface area contributed by atoms with Gasteiger partial charge in [0.05, 0.1) is 22.6 Å². The van der Waals surface area contributed by atoms with E-state index in [0.29, 0.717) is 29.0 Å². The van der Waals surface area contributed by atoms with Crippen molar-refractivity contribution >= 4 is 16.8 Å². The highest BCUT2D eigenvalue weighted by atomic mass is 16.5. The smallest absolute Gasteiger partial charge is 0.266 e. The van der Waals surface area contributed by atoms with Crippen molar-refractivity contribution < 1.29 is 9.53 Å². The first-order valence-electron chi connectivity index (χ1n) is 13.6. The fraction of sp³-hybridized carbons (Fsp3) is 0.344. The van der Waals surface area contributed by atoms with Gasteiger partial charge in [-0.2, -0.15) is 0 Å². The molecule has 4 rings (SSSR count). The lowest BCUT2D eigenvalue weighted by atomic mass is 10.1. The molecule has 0 aliphatic carbocycles. The molecule has 1 aromatic heterocycles. The summed E-state index contributed by atoms with van der Waals surface area (Å²) in [4.78, 5) is 34.3. The number of fused-ring (bicyclic) bond motifs is 1. The van der Waals surface area contributed by atoms with Crippen molar-refractivity contribution in [1.29, 1.82) is 0 Å². The highest BCUT2D eigenvalue weighted by molar-refractivity contribution is 5.79. The van der Waals surface area contributed by atoms with E-state index >= 15 is 0 Å². The molecule has 1 amide bonds. The summed E-state index contributed by atoms with van der Waals surface area (Å²) in [6.45, 7) is 6.69. The van der Waals surface area contributed by atoms with Gasteiger partial charge in [0.1, 0.15) is 11.6 Å². The van der Waals surface area contributed by atoms with Crippen LogP contribution in [0, 0.1) is 0 Å². The van der Waals surface area contributed by atoms with Crippen LogP contribution in [0.25, 0.3) is 16.6 Å². The molecule has 0 N–H and O–H groups in total. The molecule has 1 heterocycles. The van der Waals surface area contributed by atoms with Gasteiger partial charge in [0.2, 0.25) is 0 Å². The van der Waals surface area contributed by atoms with Crippen LogP contribution in [0.1, 0.15) is 63.9 Å². The summed E-state index contributed by atoms with van der Waals surface area (Å²) in [6, 6.07) is 24.2. The Balaban J connectivity index is 1.77. The molecule has 4 aromatic rings. The number of nitrogens with zero attached hydrogens (tertiary/aromatic N) is 3. The van der Waals surface area contributed by atoms with E-state index in [0.717, 1.165) is 43.4 Å². The summed E-state index contributed by atoms with van der Waals surface area (Å²) in [7, 11) is 0. The summed E-state index contributed by atoms with van der Waals surface area (Å²) >= 11 is 0. The van der Waals surface area contributed by atoms with Crippen LogP contribution in [-0.4, -0.2) is 33.5 Å². The normalized spacial score (nSPS) is 11.9. The summed E-state index contributed by atoms with van der Waals surface area (Å²) in [5, 5.41) is 0.558. The lowest BCUT2D eigenvalue weighted by molar-refractivity contribution is -0.135. The molecule has 198 valence electrons. The zero-order chi connectivity index (χ0) is 26.9. The third-order valence-electron chi connectivity index (χ3n) is 6.93. The minimum atomic E-state index is -0.439. The number of carbonyl (C=O) groups is 1. The van der Waals surface area contributed by atoms with Crippen molar-refractivity contribution in [2.24, 2.45) is 0 Å². The van der Waals surface area contributed by atoms with Crippen LogP contribution in [0.15, 0.2) is 83.7 Å². The second-order valence-corrected chi connectivity index (χ2v) is 9.54. The first-order chi connectivity index (χ1) is 18.5. The Labute approximate surface area is 224 Å². The Bertz CT molecular complexity index is 1410. The maximum absolute atomic E-state index is 13.9. The number of aromatic nitrogens is 2. The van der Waals surface area contributed by atoms with Crippen molar-refractivity contribution in [1.82, 2.24) is 14.5 Å². The zero-order valence-electron chi connectivity index (χ0n) is 22.6.